The minimum Gasteiger partial charge on any atom is -0.352 e. The number of rotatable bonds is 5. The summed E-state index contributed by atoms with van der Waals surface area (Å²) in [6.45, 7) is 2.79. The third-order valence-electron chi connectivity index (χ3n) is 2.36. The van der Waals surface area contributed by atoms with Gasteiger partial charge >= 0.3 is 5.51 Å². The zero-order chi connectivity index (χ0) is 14.5. The first-order chi connectivity index (χ1) is 8.81. The van der Waals surface area contributed by atoms with Crippen LogP contribution < -0.4 is 11.1 Å². The molecule has 1 amide bonds. The molecule has 0 aliphatic rings. The first-order valence-electron chi connectivity index (χ1n) is 5.66. The number of hydrogen-bond donors (Lipinski definition) is 2. The van der Waals surface area contributed by atoms with E-state index < -0.39 is 5.51 Å². The summed E-state index contributed by atoms with van der Waals surface area (Å²) in [6, 6.07) is 5.30. The van der Waals surface area contributed by atoms with E-state index >= 15 is 0 Å². The fraction of sp³-hybridized carbons (Fsp3) is 0.417. The zero-order valence-electron chi connectivity index (χ0n) is 10.3. The molecule has 0 bridgehead atoms. The molecule has 19 heavy (non-hydrogen) atoms. The van der Waals surface area contributed by atoms with Crippen LogP contribution in [0, 0.1) is 5.92 Å². The molecule has 0 saturated carbocycles. The molecule has 1 unspecified atom stereocenters. The van der Waals surface area contributed by atoms with Crippen LogP contribution in [-0.4, -0.2) is 24.5 Å². The lowest BCUT2D eigenvalue weighted by atomic mass is 10.1. The van der Waals surface area contributed by atoms with E-state index in [1.165, 1.54) is 24.3 Å². The van der Waals surface area contributed by atoms with E-state index in [0.29, 0.717) is 18.7 Å². The number of thioether (sulfide) groups is 1. The van der Waals surface area contributed by atoms with Gasteiger partial charge < -0.3 is 11.1 Å². The van der Waals surface area contributed by atoms with Crippen molar-refractivity contribution in [3.05, 3.63) is 29.8 Å². The number of carbonyl (C=O) groups excluding carboxylic acids is 1. The van der Waals surface area contributed by atoms with E-state index in [2.05, 4.69) is 5.32 Å². The van der Waals surface area contributed by atoms with Gasteiger partial charge in [-0.05, 0) is 48.5 Å². The molecule has 0 aromatic heterocycles. The SMILES string of the molecule is CC(CN)CNC(=O)c1ccc(SC(F)(F)F)cc1. The second kappa shape index (κ2) is 6.81. The minimum atomic E-state index is -4.32. The normalized spacial score (nSPS) is 13.1. The summed E-state index contributed by atoms with van der Waals surface area (Å²) in [5.74, 6) is -0.159. The van der Waals surface area contributed by atoms with E-state index in [4.69, 9.17) is 5.73 Å². The molecule has 1 aromatic carbocycles. The van der Waals surface area contributed by atoms with Crippen molar-refractivity contribution in [3.63, 3.8) is 0 Å². The Balaban J connectivity index is 2.58. The Morgan fingerprint density at radius 2 is 1.95 bits per heavy atom. The van der Waals surface area contributed by atoms with Gasteiger partial charge in [-0.25, -0.2) is 0 Å². The predicted molar refractivity (Wildman–Crippen MR) is 68.9 cm³/mol. The summed E-state index contributed by atoms with van der Waals surface area (Å²) in [5, 5.41) is 2.67. The van der Waals surface area contributed by atoms with Crippen LogP contribution in [0.25, 0.3) is 0 Å². The van der Waals surface area contributed by atoms with Crippen molar-refractivity contribution in [3.8, 4) is 0 Å². The molecule has 0 saturated heterocycles. The number of nitrogens with one attached hydrogen (secondary N) is 1. The van der Waals surface area contributed by atoms with Crippen molar-refractivity contribution in [1.82, 2.24) is 5.32 Å². The highest BCUT2D eigenvalue weighted by Gasteiger charge is 2.29. The maximum Gasteiger partial charge on any atom is 0.446 e. The third kappa shape index (κ3) is 5.98. The Hall–Kier alpha value is -1.21. The van der Waals surface area contributed by atoms with Crippen molar-refractivity contribution in [1.29, 1.82) is 0 Å². The Labute approximate surface area is 113 Å². The molecular weight excluding hydrogens is 277 g/mol. The summed E-state index contributed by atoms with van der Waals surface area (Å²) in [7, 11) is 0. The number of halogens is 3. The Morgan fingerprint density at radius 3 is 2.42 bits per heavy atom. The predicted octanol–water partition coefficient (Wildman–Crippen LogP) is 2.62. The van der Waals surface area contributed by atoms with Crippen molar-refractivity contribution in [2.75, 3.05) is 13.1 Å². The molecule has 0 radical (unpaired) electrons. The van der Waals surface area contributed by atoms with Gasteiger partial charge in [0, 0.05) is 17.0 Å². The van der Waals surface area contributed by atoms with Crippen LogP contribution in [0.4, 0.5) is 13.2 Å². The largest absolute Gasteiger partial charge is 0.446 e. The fourth-order valence-electron chi connectivity index (χ4n) is 1.26. The molecule has 3 nitrogen and oxygen atoms in total. The number of amides is 1. The van der Waals surface area contributed by atoms with Crippen LogP contribution in [0.5, 0.6) is 0 Å². The Bertz CT molecular complexity index is 420. The zero-order valence-corrected chi connectivity index (χ0v) is 11.1. The van der Waals surface area contributed by atoms with Gasteiger partial charge in [0.1, 0.15) is 0 Å². The van der Waals surface area contributed by atoms with Gasteiger partial charge in [-0.15, -0.1) is 0 Å². The molecule has 7 heteroatoms. The smallest absolute Gasteiger partial charge is 0.352 e. The van der Waals surface area contributed by atoms with Crippen molar-refractivity contribution in [2.24, 2.45) is 11.7 Å². The molecule has 106 valence electrons. The van der Waals surface area contributed by atoms with E-state index in [1.807, 2.05) is 6.92 Å². The van der Waals surface area contributed by atoms with Gasteiger partial charge in [-0.3, -0.25) is 4.79 Å². The lowest BCUT2D eigenvalue weighted by Gasteiger charge is -2.10. The van der Waals surface area contributed by atoms with Crippen molar-refractivity contribution >= 4 is 17.7 Å². The number of nitrogens with two attached hydrogens (primary N) is 1. The van der Waals surface area contributed by atoms with Gasteiger partial charge in [0.2, 0.25) is 0 Å². The number of carbonyl (C=O) groups is 1. The second-order valence-electron chi connectivity index (χ2n) is 4.12. The van der Waals surface area contributed by atoms with Crippen molar-refractivity contribution in [2.45, 2.75) is 17.3 Å². The monoisotopic (exact) mass is 292 g/mol. The van der Waals surface area contributed by atoms with Gasteiger partial charge in [0.05, 0.1) is 0 Å². The van der Waals surface area contributed by atoms with Crippen LogP contribution in [0.1, 0.15) is 17.3 Å². The maximum absolute atomic E-state index is 12.1. The lowest BCUT2D eigenvalue weighted by Crippen LogP contribution is -2.31. The molecule has 0 spiro atoms. The van der Waals surface area contributed by atoms with Gasteiger partial charge in [0.25, 0.3) is 5.91 Å². The van der Waals surface area contributed by atoms with Gasteiger partial charge in [-0.2, -0.15) is 13.2 Å². The lowest BCUT2D eigenvalue weighted by molar-refractivity contribution is -0.0328. The second-order valence-corrected chi connectivity index (χ2v) is 5.26. The number of benzene rings is 1. The molecule has 0 heterocycles. The highest BCUT2D eigenvalue weighted by molar-refractivity contribution is 8.00. The number of hydrogen-bond acceptors (Lipinski definition) is 3. The minimum absolute atomic E-state index is 0.0550. The number of alkyl halides is 3. The quantitative estimate of drug-likeness (QED) is 0.820. The van der Waals surface area contributed by atoms with Crippen molar-refractivity contribution < 1.29 is 18.0 Å². The van der Waals surface area contributed by atoms with Gasteiger partial charge in [0.15, 0.2) is 0 Å². The molecule has 0 fully saturated rings. The average molecular weight is 292 g/mol. The van der Waals surface area contributed by atoms with Crippen LogP contribution in [0.2, 0.25) is 0 Å². The first-order valence-corrected chi connectivity index (χ1v) is 6.47. The summed E-state index contributed by atoms with van der Waals surface area (Å²) in [5.41, 5.74) is 1.43. The summed E-state index contributed by atoms with van der Waals surface area (Å²) >= 11 is -0.205. The summed E-state index contributed by atoms with van der Waals surface area (Å²) in [4.78, 5) is 11.7. The summed E-state index contributed by atoms with van der Waals surface area (Å²) in [6.07, 6.45) is 0. The first kappa shape index (κ1) is 15.8. The van der Waals surface area contributed by atoms with E-state index in [9.17, 15) is 18.0 Å². The fourth-order valence-corrected chi connectivity index (χ4v) is 1.80. The van der Waals surface area contributed by atoms with Crippen LogP contribution in [0.15, 0.2) is 29.2 Å². The summed E-state index contributed by atoms with van der Waals surface area (Å²) < 4.78 is 36.4. The van der Waals surface area contributed by atoms with Gasteiger partial charge in [-0.1, -0.05) is 6.92 Å². The van der Waals surface area contributed by atoms with E-state index in [-0.39, 0.29) is 28.5 Å². The standard InChI is InChI=1S/C12H15F3N2OS/c1-8(6-16)7-17-11(18)9-2-4-10(5-3-9)19-12(13,14)15/h2-5,8H,6-7,16H2,1H3,(H,17,18). The highest BCUT2D eigenvalue weighted by atomic mass is 32.2. The maximum atomic E-state index is 12.1. The Kier molecular flexibility index (Phi) is 5.68. The molecule has 0 aliphatic heterocycles. The van der Waals surface area contributed by atoms with Crippen LogP contribution >= 0.6 is 11.8 Å². The van der Waals surface area contributed by atoms with Crippen LogP contribution in [0.3, 0.4) is 0 Å². The molecule has 0 aliphatic carbocycles. The van der Waals surface area contributed by atoms with Crippen LogP contribution in [-0.2, 0) is 0 Å². The highest BCUT2D eigenvalue weighted by Crippen LogP contribution is 2.36. The molecule has 1 aromatic rings. The molecule has 1 atom stereocenters. The third-order valence-corrected chi connectivity index (χ3v) is 3.10. The molecular formula is C12H15F3N2OS. The molecule has 1 rings (SSSR count). The topological polar surface area (TPSA) is 55.1 Å². The van der Waals surface area contributed by atoms with E-state index in [1.54, 1.807) is 0 Å². The average Bonchev–Trinajstić information content (AvgIpc) is 2.34. The van der Waals surface area contributed by atoms with E-state index in [0.717, 1.165) is 0 Å². The Morgan fingerprint density at radius 1 is 1.37 bits per heavy atom. The molecule has 3 N–H and O–H groups in total.